The van der Waals surface area contributed by atoms with Crippen LogP contribution in [0, 0.1) is 11.8 Å². The van der Waals surface area contributed by atoms with Gasteiger partial charge < -0.3 is 14.8 Å². The molecule has 2 aliphatic carbocycles. The molecule has 0 radical (unpaired) electrons. The molecule has 55 heavy (non-hydrogen) atoms. The summed E-state index contributed by atoms with van der Waals surface area (Å²) in [4.78, 5) is 39.8. The van der Waals surface area contributed by atoms with Crippen LogP contribution >= 0.6 is 23.2 Å². The van der Waals surface area contributed by atoms with Gasteiger partial charge in [0.2, 0.25) is 5.91 Å². The molecule has 4 aromatic carbocycles. The third-order valence-electron chi connectivity index (χ3n) is 10.6. The van der Waals surface area contributed by atoms with E-state index < -0.39 is 0 Å². The summed E-state index contributed by atoms with van der Waals surface area (Å²) >= 11 is 11.9. The zero-order chi connectivity index (χ0) is 39.2. The Kier molecular flexibility index (Phi) is 15.7. The number of anilines is 1. The largest absolute Gasteiger partial charge is 0.465 e. The number of nitrogens with one attached hydrogen (secondary N) is 2. The highest BCUT2D eigenvalue weighted by Gasteiger charge is 2.25. The van der Waals surface area contributed by atoms with Crippen LogP contribution in [0.5, 0.6) is 0 Å². The van der Waals surface area contributed by atoms with Gasteiger partial charge in [0.05, 0.1) is 31.0 Å². The number of rotatable bonds is 10. The summed E-state index contributed by atoms with van der Waals surface area (Å²) in [5.41, 5.74) is 7.39. The lowest BCUT2D eigenvalue weighted by Crippen LogP contribution is -2.24. The summed E-state index contributed by atoms with van der Waals surface area (Å²) in [6, 6.07) is 29.9. The van der Waals surface area contributed by atoms with E-state index in [4.69, 9.17) is 32.7 Å². The Morgan fingerprint density at radius 3 is 1.58 bits per heavy atom. The second-order valence-corrected chi connectivity index (χ2v) is 15.2. The first kappa shape index (κ1) is 41.5. The van der Waals surface area contributed by atoms with E-state index in [1.807, 2.05) is 72.8 Å². The van der Waals surface area contributed by atoms with Crippen LogP contribution in [-0.2, 0) is 14.3 Å². The molecular weight excluding hydrogens is 737 g/mol. The number of esters is 2. The van der Waals surface area contributed by atoms with Crippen LogP contribution in [0.15, 0.2) is 102 Å². The summed E-state index contributed by atoms with van der Waals surface area (Å²) in [5, 5.41) is 13.6. The second kappa shape index (κ2) is 20.8. The molecule has 4 aromatic rings. The Labute approximate surface area is 333 Å². The number of halogens is 2. The highest BCUT2D eigenvalue weighted by molar-refractivity contribution is 6.31. The number of carbonyl (C=O) groups is 3. The van der Waals surface area contributed by atoms with Gasteiger partial charge in [0.15, 0.2) is 0 Å². The van der Waals surface area contributed by atoms with Gasteiger partial charge in [0, 0.05) is 28.6 Å². The van der Waals surface area contributed by atoms with Gasteiger partial charge in [0.1, 0.15) is 5.84 Å². The number of amides is 1. The van der Waals surface area contributed by atoms with Gasteiger partial charge in [-0.1, -0.05) is 59.6 Å². The van der Waals surface area contributed by atoms with Gasteiger partial charge in [0.25, 0.3) is 0 Å². The Morgan fingerprint density at radius 1 is 0.655 bits per heavy atom. The molecule has 0 atom stereocenters. The predicted molar refractivity (Wildman–Crippen MR) is 218 cm³/mol. The monoisotopic (exact) mass is 785 g/mol. The Balaban J connectivity index is 0.000000211. The molecule has 0 unspecified atom stereocenters. The minimum Gasteiger partial charge on any atom is -0.465 e. The third-order valence-corrected chi connectivity index (χ3v) is 11.0. The zero-order valence-corrected chi connectivity index (χ0v) is 32.8. The molecule has 0 aromatic heterocycles. The topological polar surface area (TPSA) is 126 Å². The third kappa shape index (κ3) is 12.7. The standard InChI is InChI=1S/C22H25ClN2O3.C22H24ClNO3/c1-28-22(26)18-11-9-17(10-12-18)16-7-5-15(6-8-16)13-21(25-27)24-20-4-2-3-19(23)14-20;1-27-22(26)18-11-9-17(10-12-18)16-7-5-15(6-8-16)13-21(25)24-20-4-2-3-19(23)14-20/h2-4,9-12,14-16,27H,5-8,13H2,1H3,(H,24,25);2-4,9-12,14-16H,5-8,13H2,1H3,(H,24,25). The maximum absolute atomic E-state index is 12.3. The van der Waals surface area contributed by atoms with Crippen molar-refractivity contribution in [1.29, 1.82) is 0 Å². The number of hydroxylamine groups is 1. The minimum atomic E-state index is -0.309. The number of hydrogen-bond acceptors (Lipinski definition) is 7. The van der Waals surface area contributed by atoms with E-state index in [9.17, 15) is 19.6 Å². The summed E-state index contributed by atoms with van der Waals surface area (Å²) < 4.78 is 9.49. The molecular formula is C44H49Cl2N3O6. The summed E-state index contributed by atoms with van der Waals surface area (Å²) in [5.74, 6) is 1.87. The first-order valence-electron chi connectivity index (χ1n) is 18.8. The molecule has 2 aliphatic rings. The Morgan fingerprint density at radius 2 is 1.13 bits per heavy atom. The molecule has 3 N–H and O–H groups in total. The predicted octanol–water partition coefficient (Wildman–Crippen LogP) is 10.9. The number of hydrogen-bond donors (Lipinski definition) is 3. The van der Waals surface area contributed by atoms with E-state index in [0.717, 1.165) is 62.7 Å². The Hall–Kier alpha value is -4.70. The maximum atomic E-state index is 12.3. The minimum absolute atomic E-state index is 0.0446. The molecule has 11 heteroatoms. The molecule has 0 spiro atoms. The van der Waals surface area contributed by atoms with Crippen molar-refractivity contribution in [2.24, 2.45) is 16.8 Å². The maximum Gasteiger partial charge on any atom is 0.337 e. The van der Waals surface area contributed by atoms with E-state index in [2.05, 4.69) is 15.8 Å². The molecule has 1 amide bonds. The van der Waals surface area contributed by atoms with Gasteiger partial charge >= 0.3 is 11.9 Å². The highest BCUT2D eigenvalue weighted by Crippen LogP contribution is 2.38. The number of benzene rings is 4. The van der Waals surface area contributed by atoms with Crippen LogP contribution in [0.1, 0.15) is 108 Å². The lowest BCUT2D eigenvalue weighted by Gasteiger charge is -2.29. The average Bonchev–Trinajstić information content (AvgIpc) is 3.21. The van der Waals surface area contributed by atoms with Gasteiger partial charge in [-0.15, -0.1) is 0 Å². The zero-order valence-electron chi connectivity index (χ0n) is 31.3. The van der Waals surface area contributed by atoms with Crippen molar-refractivity contribution >= 4 is 58.3 Å². The van der Waals surface area contributed by atoms with Crippen LogP contribution < -0.4 is 10.8 Å². The number of aliphatic imine (C=N–C) groups is 1. The van der Waals surface area contributed by atoms with Gasteiger partial charge in [-0.3, -0.25) is 15.5 Å². The van der Waals surface area contributed by atoms with E-state index in [-0.39, 0.29) is 17.8 Å². The molecule has 0 heterocycles. The van der Waals surface area contributed by atoms with Crippen LogP contribution in [-0.4, -0.2) is 43.1 Å². The van der Waals surface area contributed by atoms with E-state index in [0.29, 0.717) is 63.5 Å². The summed E-state index contributed by atoms with van der Waals surface area (Å²) in [6.45, 7) is 0. The summed E-state index contributed by atoms with van der Waals surface area (Å²) in [7, 11) is 2.78. The number of amidine groups is 1. The lowest BCUT2D eigenvalue weighted by molar-refractivity contribution is -0.117. The smallest absolute Gasteiger partial charge is 0.337 e. The molecule has 6 rings (SSSR count). The number of carbonyl (C=O) groups excluding carboxylic acids is 3. The van der Waals surface area contributed by atoms with Crippen molar-refractivity contribution in [3.63, 3.8) is 0 Å². The Bertz CT molecular complexity index is 1900. The van der Waals surface area contributed by atoms with Crippen molar-refractivity contribution in [2.45, 2.75) is 76.0 Å². The second-order valence-electron chi connectivity index (χ2n) is 14.3. The van der Waals surface area contributed by atoms with Gasteiger partial charge in [-0.05, 0) is 147 Å². The van der Waals surface area contributed by atoms with Crippen LogP contribution in [0.2, 0.25) is 10.0 Å². The number of nitrogens with zero attached hydrogens (tertiary/aromatic N) is 1. The van der Waals surface area contributed by atoms with Crippen molar-refractivity contribution in [3.05, 3.63) is 129 Å². The van der Waals surface area contributed by atoms with Gasteiger partial charge in [-0.2, -0.15) is 0 Å². The lowest BCUT2D eigenvalue weighted by atomic mass is 9.77. The van der Waals surface area contributed by atoms with E-state index >= 15 is 0 Å². The molecule has 290 valence electrons. The van der Waals surface area contributed by atoms with Crippen molar-refractivity contribution < 1.29 is 29.1 Å². The molecule has 2 fully saturated rings. The molecule has 0 bridgehead atoms. The van der Waals surface area contributed by atoms with Crippen LogP contribution in [0.4, 0.5) is 11.4 Å². The van der Waals surface area contributed by atoms with Crippen molar-refractivity contribution in [3.8, 4) is 0 Å². The molecule has 0 aliphatic heterocycles. The van der Waals surface area contributed by atoms with E-state index in [1.54, 1.807) is 24.3 Å². The SMILES string of the molecule is COC(=O)c1ccc(C2CCC(CC(=Nc3cccc(Cl)c3)NO)CC2)cc1.COC(=O)c1ccc(C2CCC(CC(=O)Nc3cccc(Cl)c3)CC2)cc1. The molecule has 2 saturated carbocycles. The fourth-order valence-electron chi connectivity index (χ4n) is 7.55. The quantitative estimate of drug-likeness (QED) is 0.0632. The summed E-state index contributed by atoms with van der Waals surface area (Å²) in [6.07, 6.45) is 9.74. The van der Waals surface area contributed by atoms with Crippen molar-refractivity contribution in [2.75, 3.05) is 19.5 Å². The van der Waals surface area contributed by atoms with Crippen LogP contribution in [0.3, 0.4) is 0 Å². The van der Waals surface area contributed by atoms with E-state index in [1.165, 1.54) is 25.3 Å². The molecule has 9 nitrogen and oxygen atoms in total. The molecule has 0 saturated heterocycles. The first-order chi connectivity index (χ1) is 26.6. The van der Waals surface area contributed by atoms with Gasteiger partial charge in [-0.25, -0.2) is 14.6 Å². The fraction of sp³-hybridized carbons (Fsp3) is 0.364. The van der Waals surface area contributed by atoms with Crippen LogP contribution in [0.25, 0.3) is 0 Å². The average molecular weight is 787 g/mol. The highest BCUT2D eigenvalue weighted by atomic mass is 35.5. The number of ether oxygens (including phenoxy) is 2. The normalized spacial score (nSPS) is 19.6. The first-order valence-corrected chi connectivity index (χ1v) is 19.5. The number of methoxy groups -OCH3 is 2. The fourth-order valence-corrected chi connectivity index (χ4v) is 7.92. The van der Waals surface area contributed by atoms with Crippen molar-refractivity contribution in [1.82, 2.24) is 5.48 Å².